The molecule has 0 saturated carbocycles. The smallest absolute Gasteiger partial charge is 0.364 e. The normalized spacial score (nSPS) is 11.1. The second kappa shape index (κ2) is 5.67. The van der Waals surface area contributed by atoms with Gasteiger partial charge in [-0.25, -0.2) is 4.42 Å². The maximum Gasteiger partial charge on any atom is 0.364 e. The molecule has 1 aromatic heterocycles. The molecule has 0 saturated heterocycles. The lowest BCUT2D eigenvalue weighted by molar-refractivity contribution is 0.415. The van der Waals surface area contributed by atoms with Crippen LogP contribution < -0.4 is 4.74 Å². The largest absolute Gasteiger partial charge is 0.508 e. The van der Waals surface area contributed by atoms with Crippen molar-refractivity contribution < 1.29 is 14.3 Å². The van der Waals surface area contributed by atoms with Gasteiger partial charge in [0.25, 0.3) is 0 Å². The second-order valence-electron chi connectivity index (χ2n) is 4.67. The SMILES string of the molecule is COc1ccc(/C=C/c2ccc3ccc(O)cc3[o+]2)cc1. The molecule has 0 radical (unpaired) electrons. The summed E-state index contributed by atoms with van der Waals surface area (Å²) in [6, 6.07) is 16.7. The van der Waals surface area contributed by atoms with E-state index in [-0.39, 0.29) is 5.75 Å². The van der Waals surface area contributed by atoms with E-state index in [4.69, 9.17) is 9.15 Å². The van der Waals surface area contributed by atoms with Gasteiger partial charge in [-0.3, -0.25) is 0 Å². The summed E-state index contributed by atoms with van der Waals surface area (Å²) in [7, 11) is 1.65. The predicted octanol–water partition coefficient (Wildman–Crippen LogP) is 4.60. The Balaban J connectivity index is 1.87. The molecule has 0 amide bonds. The zero-order valence-electron chi connectivity index (χ0n) is 11.6. The summed E-state index contributed by atoms with van der Waals surface area (Å²) in [6.07, 6.45) is 3.86. The van der Waals surface area contributed by atoms with Gasteiger partial charge in [0.1, 0.15) is 11.5 Å². The topological polar surface area (TPSA) is 40.8 Å². The van der Waals surface area contributed by atoms with E-state index < -0.39 is 0 Å². The van der Waals surface area contributed by atoms with Crippen LogP contribution >= 0.6 is 0 Å². The molecule has 0 bridgehead atoms. The number of hydrogen-bond acceptors (Lipinski definition) is 2. The summed E-state index contributed by atoms with van der Waals surface area (Å²) in [4.78, 5) is 0. The number of phenolic OH excluding ortho intramolecular Hbond substituents is 1. The first kappa shape index (κ1) is 13.2. The third-order valence-electron chi connectivity index (χ3n) is 3.21. The van der Waals surface area contributed by atoms with Gasteiger partial charge in [-0.2, -0.15) is 0 Å². The molecule has 1 heterocycles. The van der Waals surface area contributed by atoms with Crippen molar-refractivity contribution in [2.24, 2.45) is 0 Å². The van der Waals surface area contributed by atoms with Crippen LogP contribution in [0.25, 0.3) is 23.1 Å². The average molecular weight is 279 g/mol. The van der Waals surface area contributed by atoms with Gasteiger partial charge in [-0.15, -0.1) is 0 Å². The summed E-state index contributed by atoms with van der Waals surface area (Å²) >= 11 is 0. The molecule has 0 aliphatic carbocycles. The molecule has 3 nitrogen and oxygen atoms in total. The highest BCUT2D eigenvalue weighted by molar-refractivity contribution is 5.79. The fraction of sp³-hybridized carbons (Fsp3) is 0.0556. The maximum atomic E-state index is 9.49. The van der Waals surface area contributed by atoms with Gasteiger partial charge < -0.3 is 9.84 Å². The molecule has 0 unspecified atom stereocenters. The Kier molecular flexibility index (Phi) is 3.56. The third-order valence-corrected chi connectivity index (χ3v) is 3.21. The van der Waals surface area contributed by atoms with E-state index in [0.717, 1.165) is 22.5 Å². The zero-order valence-corrected chi connectivity index (χ0v) is 11.6. The van der Waals surface area contributed by atoms with Crippen LogP contribution in [-0.2, 0) is 0 Å². The van der Waals surface area contributed by atoms with E-state index in [0.29, 0.717) is 5.58 Å². The number of hydrogen-bond donors (Lipinski definition) is 1. The van der Waals surface area contributed by atoms with E-state index in [1.54, 1.807) is 19.2 Å². The number of ether oxygens (including phenoxy) is 1. The van der Waals surface area contributed by atoms with Crippen molar-refractivity contribution in [1.82, 2.24) is 0 Å². The van der Waals surface area contributed by atoms with Crippen molar-refractivity contribution in [2.45, 2.75) is 0 Å². The van der Waals surface area contributed by atoms with Gasteiger partial charge in [0.05, 0.1) is 18.6 Å². The number of benzene rings is 2. The standard InChI is InChI=1S/C18H14O3/c1-20-16-8-2-13(3-9-16)4-10-17-11-6-14-5-7-15(19)12-18(14)21-17/h2-12H,1H3/p+1/b10-4+. The Morgan fingerprint density at radius 2 is 1.71 bits per heavy atom. The first-order valence-corrected chi connectivity index (χ1v) is 6.62. The molecule has 0 fully saturated rings. The number of rotatable bonds is 3. The van der Waals surface area contributed by atoms with Crippen LogP contribution in [0.2, 0.25) is 0 Å². The van der Waals surface area contributed by atoms with Crippen LogP contribution in [0.15, 0.2) is 59.0 Å². The van der Waals surface area contributed by atoms with Crippen molar-refractivity contribution >= 4 is 23.1 Å². The van der Waals surface area contributed by atoms with Crippen molar-refractivity contribution in [3.8, 4) is 11.5 Å². The first-order chi connectivity index (χ1) is 10.2. The fourth-order valence-corrected chi connectivity index (χ4v) is 2.06. The Hall–Kier alpha value is -2.81. The summed E-state index contributed by atoms with van der Waals surface area (Å²) in [5.74, 6) is 1.75. The van der Waals surface area contributed by atoms with E-state index in [9.17, 15) is 5.11 Å². The van der Waals surface area contributed by atoms with Gasteiger partial charge in [-0.1, -0.05) is 12.1 Å². The lowest BCUT2D eigenvalue weighted by Gasteiger charge is -1.98. The Morgan fingerprint density at radius 3 is 2.48 bits per heavy atom. The number of methoxy groups -OCH3 is 1. The molecule has 21 heavy (non-hydrogen) atoms. The van der Waals surface area contributed by atoms with Gasteiger partial charge in [0.15, 0.2) is 0 Å². The molecule has 3 aromatic rings. The molecule has 0 aliphatic heterocycles. The van der Waals surface area contributed by atoms with E-state index >= 15 is 0 Å². The molecule has 0 spiro atoms. The summed E-state index contributed by atoms with van der Waals surface area (Å²) in [5, 5.41) is 10.4. The maximum absolute atomic E-state index is 9.49. The number of phenols is 1. The van der Waals surface area contributed by atoms with E-state index in [1.165, 1.54) is 0 Å². The van der Waals surface area contributed by atoms with Crippen LogP contribution in [-0.4, -0.2) is 12.2 Å². The molecular weight excluding hydrogens is 264 g/mol. The van der Waals surface area contributed by atoms with Gasteiger partial charge in [-0.05, 0) is 42.0 Å². The highest BCUT2D eigenvalue weighted by atomic mass is 16.5. The van der Waals surface area contributed by atoms with Crippen LogP contribution in [0, 0.1) is 0 Å². The minimum Gasteiger partial charge on any atom is -0.508 e. The lowest BCUT2D eigenvalue weighted by atomic mass is 10.2. The molecular formula is C18H15O3+. The van der Waals surface area contributed by atoms with Crippen LogP contribution in [0.3, 0.4) is 0 Å². The lowest BCUT2D eigenvalue weighted by Crippen LogP contribution is -1.81. The molecule has 104 valence electrons. The van der Waals surface area contributed by atoms with Gasteiger partial charge in [0, 0.05) is 12.1 Å². The third kappa shape index (κ3) is 3.03. The van der Waals surface area contributed by atoms with Crippen molar-refractivity contribution in [3.05, 3.63) is 65.9 Å². The molecule has 0 atom stereocenters. The highest BCUT2D eigenvalue weighted by Crippen LogP contribution is 2.22. The van der Waals surface area contributed by atoms with Gasteiger partial charge >= 0.3 is 11.3 Å². The minimum atomic E-state index is 0.197. The van der Waals surface area contributed by atoms with Crippen molar-refractivity contribution in [3.63, 3.8) is 0 Å². The Morgan fingerprint density at radius 1 is 0.952 bits per heavy atom. The monoisotopic (exact) mass is 279 g/mol. The first-order valence-electron chi connectivity index (χ1n) is 6.62. The second-order valence-corrected chi connectivity index (χ2v) is 4.67. The number of fused-ring (bicyclic) bond motifs is 1. The summed E-state index contributed by atoms with van der Waals surface area (Å²) in [5.41, 5.74) is 1.72. The molecule has 3 heteroatoms. The summed E-state index contributed by atoms with van der Waals surface area (Å²) < 4.78 is 10.9. The fourth-order valence-electron chi connectivity index (χ4n) is 2.06. The predicted molar refractivity (Wildman–Crippen MR) is 84.2 cm³/mol. The minimum absolute atomic E-state index is 0.197. The molecule has 0 aliphatic rings. The van der Waals surface area contributed by atoms with E-state index in [2.05, 4.69) is 0 Å². The molecule has 3 rings (SSSR count). The van der Waals surface area contributed by atoms with Crippen LogP contribution in [0.4, 0.5) is 0 Å². The van der Waals surface area contributed by atoms with Gasteiger partial charge in [0.2, 0.25) is 0 Å². The van der Waals surface area contributed by atoms with Crippen LogP contribution in [0.5, 0.6) is 11.5 Å². The molecule has 2 aromatic carbocycles. The quantitative estimate of drug-likeness (QED) is 0.712. The highest BCUT2D eigenvalue weighted by Gasteiger charge is 2.10. The van der Waals surface area contributed by atoms with E-state index in [1.807, 2.05) is 54.6 Å². The van der Waals surface area contributed by atoms with Crippen LogP contribution in [0.1, 0.15) is 11.3 Å². The zero-order chi connectivity index (χ0) is 14.7. The van der Waals surface area contributed by atoms with Crippen molar-refractivity contribution in [2.75, 3.05) is 7.11 Å². The Bertz CT molecular complexity index is 789. The summed E-state index contributed by atoms with van der Waals surface area (Å²) in [6.45, 7) is 0. The average Bonchev–Trinajstić information content (AvgIpc) is 2.53. The Labute approximate surface area is 122 Å². The number of aromatic hydroxyl groups is 1. The molecule has 1 N–H and O–H groups in total. The van der Waals surface area contributed by atoms with Crippen molar-refractivity contribution in [1.29, 1.82) is 0 Å².